The number of cyclic esters (lactones) is 2. The third-order valence-electron chi connectivity index (χ3n) is 13.1. The molecule has 10 nitrogen and oxygen atoms in total. The molecule has 9 fully saturated rings. The monoisotopic (exact) mass is 684 g/mol. The van der Waals surface area contributed by atoms with Crippen LogP contribution in [0.5, 0.6) is 0 Å². The fourth-order valence-electron chi connectivity index (χ4n) is 9.83. The van der Waals surface area contributed by atoms with Crippen LogP contribution in [0.15, 0.2) is 12.2 Å². The first-order chi connectivity index (χ1) is 23.2. The summed E-state index contributed by atoms with van der Waals surface area (Å²) in [7, 11) is 0. The normalized spacial score (nSPS) is 40.2. The van der Waals surface area contributed by atoms with Crippen molar-refractivity contribution in [3.8, 4) is 0 Å². The van der Waals surface area contributed by atoms with Gasteiger partial charge in [0.05, 0.1) is 17.8 Å². The maximum Gasteiger partial charge on any atom is 0.348 e. The minimum absolute atomic E-state index is 0.00231. The molecular weight excluding hydrogens is 628 g/mol. The van der Waals surface area contributed by atoms with Crippen LogP contribution in [0.2, 0.25) is 0 Å². The molecular formula is C39H56O10. The van der Waals surface area contributed by atoms with Gasteiger partial charge in [-0.3, -0.25) is 14.4 Å². The highest BCUT2D eigenvalue weighted by Crippen LogP contribution is 2.47. The van der Waals surface area contributed by atoms with Crippen molar-refractivity contribution in [2.75, 3.05) is 13.2 Å². The maximum atomic E-state index is 12.3. The van der Waals surface area contributed by atoms with Crippen LogP contribution >= 0.6 is 0 Å². The Morgan fingerprint density at radius 1 is 0.633 bits per heavy atom. The van der Waals surface area contributed by atoms with Crippen molar-refractivity contribution in [1.29, 1.82) is 0 Å². The van der Waals surface area contributed by atoms with E-state index < -0.39 is 35.0 Å². The van der Waals surface area contributed by atoms with Crippen LogP contribution in [0.25, 0.3) is 0 Å². The van der Waals surface area contributed by atoms with E-state index >= 15 is 0 Å². The van der Waals surface area contributed by atoms with E-state index in [1.54, 1.807) is 0 Å². The molecule has 11 aliphatic rings. The molecule has 10 heteroatoms. The lowest BCUT2D eigenvalue weighted by Gasteiger charge is -2.41. The number of carbonyl (C=O) groups excluding carboxylic acids is 4. The summed E-state index contributed by atoms with van der Waals surface area (Å²) in [4.78, 5) is 58.7. The third-order valence-corrected chi connectivity index (χ3v) is 13.1. The SMILES string of the molecule is CC1(C)COC(=O)C1OC(=O)C1CC2C=CC1CC2.CC1(C)COC(=O)C1OC(=O)C1CC2CCC1CC2.O=C(O)C1CC2CCC1CC2. The van der Waals surface area contributed by atoms with Gasteiger partial charge in [0, 0.05) is 10.8 Å². The molecule has 7 atom stereocenters. The second kappa shape index (κ2) is 14.4. The van der Waals surface area contributed by atoms with Crippen LogP contribution in [-0.4, -0.2) is 60.4 Å². The Hall–Kier alpha value is -2.91. The van der Waals surface area contributed by atoms with Gasteiger partial charge >= 0.3 is 29.8 Å². The molecule has 1 N–H and O–H groups in total. The first-order valence-corrected chi connectivity index (χ1v) is 18.9. The maximum absolute atomic E-state index is 12.3. The van der Waals surface area contributed by atoms with Gasteiger partial charge in [-0.1, -0.05) is 65.5 Å². The van der Waals surface area contributed by atoms with Gasteiger partial charge in [-0.2, -0.15) is 0 Å². The molecule has 2 aliphatic heterocycles. The van der Waals surface area contributed by atoms with Gasteiger partial charge in [0.2, 0.25) is 12.2 Å². The van der Waals surface area contributed by atoms with Gasteiger partial charge in [0.1, 0.15) is 13.2 Å². The lowest BCUT2D eigenvalue weighted by atomic mass is 9.65. The second-order valence-electron chi connectivity index (χ2n) is 17.6. The Bertz CT molecular complexity index is 1300. The van der Waals surface area contributed by atoms with Crippen molar-refractivity contribution in [3.05, 3.63) is 12.2 Å². The van der Waals surface area contributed by atoms with Gasteiger partial charge in [0.25, 0.3) is 0 Å². The number of carbonyl (C=O) groups is 5. The zero-order chi connectivity index (χ0) is 35.1. The molecule has 6 bridgehead atoms. The number of fused-ring (bicyclic) bond motifs is 8. The zero-order valence-corrected chi connectivity index (χ0v) is 29.7. The Balaban J connectivity index is 0.000000132. The average molecular weight is 685 g/mol. The molecule has 0 spiro atoms. The number of allylic oxidation sites excluding steroid dienone is 2. The quantitative estimate of drug-likeness (QED) is 0.200. The molecule has 9 aliphatic carbocycles. The summed E-state index contributed by atoms with van der Waals surface area (Å²) < 4.78 is 21.0. The summed E-state index contributed by atoms with van der Waals surface area (Å²) >= 11 is 0. The van der Waals surface area contributed by atoms with E-state index in [9.17, 15) is 24.0 Å². The van der Waals surface area contributed by atoms with Crippen molar-refractivity contribution in [2.45, 2.75) is 123 Å². The predicted octanol–water partition coefficient (Wildman–Crippen LogP) is 6.29. The summed E-state index contributed by atoms with van der Waals surface area (Å²) in [6.07, 6.45) is 17.6. The fraction of sp³-hybridized carbons (Fsp3) is 0.821. The number of aliphatic carboxylic acids is 1. The van der Waals surface area contributed by atoms with E-state index in [0.717, 1.165) is 44.4 Å². The predicted molar refractivity (Wildman–Crippen MR) is 177 cm³/mol. The van der Waals surface area contributed by atoms with E-state index in [0.29, 0.717) is 36.9 Å². The number of carboxylic acids is 1. The summed E-state index contributed by atoms with van der Waals surface area (Å²) in [5.41, 5.74) is -0.823. The number of carboxylic acid groups (broad SMARTS) is 1. The molecule has 11 rings (SSSR count). The highest BCUT2D eigenvalue weighted by atomic mass is 16.6. The van der Waals surface area contributed by atoms with E-state index in [1.165, 1.54) is 44.9 Å². The highest BCUT2D eigenvalue weighted by molar-refractivity contribution is 5.83. The Morgan fingerprint density at radius 2 is 1.10 bits per heavy atom. The Kier molecular flexibility index (Phi) is 10.5. The minimum Gasteiger partial charge on any atom is -0.481 e. The summed E-state index contributed by atoms with van der Waals surface area (Å²) in [5, 5.41) is 8.86. The van der Waals surface area contributed by atoms with Crippen LogP contribution < -0.4 is 0 Å². The van der Waals surface area contributed by atoms with E-state index in [2.05, 4.69) is 12.2 Å². The minimum atomic E-state index is -0.746. The van der Waals surface area contributed by atoms with Gasteiger partial charge in [0.15, 0.2) is 0 Å². The second-order valence-corrected chi connectivity index (χ2v) is 17.6. The van der Waals surface area contributed by atoms with E-state index in [1.807, 2.05) is 27.7 Å². The topological polar surface area (TPSA) is 142 Å². The van der Waals surface area contributed by atoms with E-state index in [4.69, 9.17) is 24.1 Å². The number of rotatable bonds is 5. The lowest BCUT2D eigenvalue weighted by Crippen LogP contribution is -2.41. The van der Waals surface area contributed by atoms with Crippen LogP contribution in [0.4, 0.5) is 0 Å². The number of hydrogen-bond donors (Lipinski definition) is 1. The molecule has 2 saturated heterocycles. The molecule has 49 heavy (non-hydrogen) atoms. The van der Waals surface area contributed by atoms with Crippen LogP contribution in [-0.2, 0) is 42.9 Å². The molecule has 0 amide bonds. The molecule has 0 aromatic carbocycles. The van der Waals surface area contributed by atoms with Gasteiger partial charge < -0.3 is 24.1 Å². The zero-order valence-electron chi connectivity index (χ0n) is 29.7. The summed E-state index contributed by atoms with van der Waals surface area (Å²) in [6, 6.07) is 0. The van der Waals surface area contributed by atoms with Crippen LogP contribution in [0, 0.1) is 64.1 Å². The Labute approximate surface area is 290 Å². The smallest absolute Gasteiger partial charge is 0.348 e. The van der Waals surface area contributed by atoms with Crippen LogP contribution in [0.3, 0.4) is 0 Å². The van der Waals surface area contributed by atoms with Crippen molar-refractivity contribution in [3.63, 3.8) is 0 Å². The van der Waals surface area contributed by atoms with Crippen molar-refractivity contribution in [2.24, 2.45) is 64.1 Å². The summed E-state index contributed by atoms with van der Waals surface area (Å²) in [5.74, 6) is 1.38. The van der Waals surface area contributed by atoms with Gasteiger partial charge in [-0.25, -0.2) is 9.59 Å². The van der Waals surface area contributed by atoms with Crippen molar-refractivity contribution >= 4 is 29.8 Å². The fourth-order valence-corrected chi connectivity index (χ4v) is 9.83. The number of esters is 4. The van der Waals surface area contributed by atoms with Crippen molar-refractivity contribution in [1.82, 2.24) is 0 Å². The number of hydrogen-bond acceptors (Lipinski definition) is 9. The average Bonchev–Trinajstić information content (AvgIpc) is 3.53. The molecule has 7 saturated carbocycles. The van der Waals surface area contributed by atoms with Gasteiger partial charge in [-0.15, -0.1) is 0 Å². The first-order valence-electron chi connectivity index (χ1n) is 18.9. The summed E-state index contributed by atoms with van der Waals surface area (Å²) in [6.45, 7) is 8.25. The number of ether oxygens (including phenoxy) is 4. The van der Waals surface area contributed by atoms with Gasteiger partial charge in [-0.05, 0) is 93.3 Å². The molecule has 0 radical (unpaired) electrons. The molecule has 2 heterocycles. The highest BCUT2D eigenvalue weighted by Gasteiger charge is 2.50. The lowest BCUT2D eigenvalue weighted by molar-refractivity contribution is -0.170. The molecule has 0 aromatic rings. The van der Waals surface area contributed by atoms with E-state index in [-0.39, 0.29) is 41.6 Å². The third kappa shape index (κ3) is 7.88. The van der Waals surface area contributed by atoms with Crippen LogP contribution in [0.1, 0.15) is 111 Å². The standard InChI is InChI=1S/C15H22O4.C15H20O4.C9H14O2/c2*1-15(2)8-18-14(17)12(15)19-13(16)11-7-9-3-5-10(11)6-4-9;10-9(11)8-5-6-1-3-7(8)4-2-6/h9-12H,3-8H2,1-2H3;3,5,9-12H,4,6-8H2,1-2H3;6-8H,1-5H2,(H,10,11). The van der Waals surface area contributed by atoms with Crippen molar-refractivity contribution < 1.29 is 48.0 Å². The molecule has 0 aromatic heterocycles. The molecule has 7 unspecified atom stereocenters. The molecule has 272 valence electrons. The largest absolute Gasteiger partial charge is 0.481 e. The Morgan fingerprint density at radius 3 is 1.41 bits per heavy atom. The first kappa shape index (κ1) is 35.9.